The molecule has 174 valence electrons. The Kier molecular flexibility index (Phi) is 7.01. The third-order valence-electron chi connectivity index (χ3n) is 5.05. The molecule has 32 heavy (non-hydrogen) atoms. The second kappa shape index (κ2) is 9.24. The minimum atomic E-state index is -4.62. The molecule has 1 N–H and O–H groups in total. The van der Waals surface area contributed by atoms with Gasteiger partial charge in [-0.1, -0.05) is 11.6 Å². The summed E-state index contributed by atoms with van der Waals surface area (Å²) in [6.07, 6.45) is -3.98. The van der Waals surface area contributed by atoms with E-state index < -0.39 is 39.4 Å². The Morgan fingerprint density at radius 3 is 2.59 bits per heavy atom. The largest absolute Gasteiger partial charge is 0.495 e. The van der Waals surface area contributed by atoms with Gasteiger partial charge in [0.25, 0.3) is 0 Å². The number of sulfonamides is 1. The van der Waals surface area contributed by atoms with Crippen LogP contribution in [0.5, 0.6) is 5.75 Å². The maximum absolute atomic E-state index is 13.7. The smallest absolute Gasteiger partial charge is 0.416 e. The van der Waals surface area contributed by atoms with Crippen LogP contribution in [0.25, 0.3) is 0 Å². The first-order valence-electron chi connectivity index (χ1n) is 9.45. The number of piperidine rings is 1. The van der Waals surface area contributed by atoms with E-state index in [4.69, 9.17) is 16.3 Å². The van der Waals surface area contributed by atoms with Crippen molar-refractivity contribution >= 4 is 33.2 Å². The molecule has 12 heteroatoms. The highest BCUT2D eigenvalue weighted by Gasteiger charge is 2.36. The molecule has 6 nitrogen and oxygen atoms in total. The van der Waals surface area contributed by atoms with Gasteiger partial charge in [0, 0.05) is 13.1 Å². The molecular formula is C20H19ClF4N2O4S. The fourth-order valence-corrected chi connectivity index (χ4v) is 5.25. The average Bonchev–Trinajstić information content (AvgIpc) is 2.74. The molecule has 0 bridgehead atoms. The quantitative estimate of drug-likeness (QED) is 0.619. The van der Waals surface area contributed by atoms with Crippen LogP contribution >= 0.6 is 11.6 Å². The highest BCUT2D eigenvalue weighted by atomic mass is 35.5. The summed E-state index contributed by atoms with van der Waals surface area (Å²) in [5.41, 5.74) is -1.21. The molecular weight excluding hydrogens is 476 g/mol. The van der Waals surface area contributed by atoms with E-state index in [9.17, 15) is 30.8 Å². The Morgan fingerprint density at radius 2 is 1.94 bits per heavy atom. The zero-order chi connectivity index (χ0) is 23.7. The number of hydrogen-bond donors (Lipinski definition) is 1. The van der Waals surface area contributed by atoms with Gasteiger partial charge in [-0.15, -0.1) is 0 Å². The fraction of sp³-hybridized carbons (Fsp3) is 0.350. The molecule has 1 atom stereocenters. The van der Waals surface area contributed by atoms with Crippen molar-refractivity contribution in [2.24, 2.45) is 5.92 Å². The maximum atomic E-state index is 13.7. The summed E-state index contributed by atoms with van der Waals surface area (Å²) in [4.78, 5) is 12.3. The summed E-state index contributed by atoms with van der Waals surface area (Å²) in [6, 6.07) is 5.61. The lowest BCUT2D eigenvalue weighted by atomic mass is 9.98. The summed E-state index contributed by atoms with van der Waals surface area (Å²) in [6.45, 7) is -0.138. The monoisotopic (exact) mass is 494 g/mol. The third-order valence-corrected chi connectivity index (χ3v) is 7.27. The van der Waals surface area contributed by atoms with Gasteiger partial charge >= 0.3 is 6.18 Å². The predicted molar refractivity (Wildman–Crippen MR) is 110 cm³/mol. The molecule has 3 rings (SSSR count). The molecule has 1 aliphatic heterocycles. The van der Waals surface area contributed by atoms with E-state index in [2.05, 4.69) is 5.32 Å². The van der Waals surface area contributed by atoms with Gasteiger partial charge in [0.05, 0.1) is 29.3 Å². The zero-order valence-corrected chi connectivity index (χ0v) is 18.3. The number of anilines is 1. The van der Waals surface area contributed by atoms with E-state index in [1.807, 2.05) is 0 Å². The number of halogens is 5. The molecule has 0 unspecified atom stereocenters. The number of carbonyl (C=O) groups excluding carboxylic acids is 1. The topological polar surface area (TPSA) is 75.7 Å². The standard InChI is InChI=1S/C20H19ClF4N2O4S/c1-31-17-7-5-14(22)10-18(17)32(29,30)27-8-2-3-12(11-27)19(28)26-16-9-13(20(23,24)25)4-6-15(16)21/h4-7,9-10,12H,2-3,8,11H2,1H3,(H,26,28)/t12-/m0/s1. The zero-order valence-electron chi connectivity index (χ0n) is 16.7. The number of rotatable bonds is 5. The van der Waals surface area contributed by atoms with Crippen LogP contribution in [-0.4, -0.2) is 38.8 Å². The minimum Gasteiger partial charge on any atom is -0.495 e. The minimum absolute atomic E-state index is 0.0475. The van der Waals surface area contributed by atoms with Crippen LogP contribution in [-0.2, 0) is 21.0 Å². The van der Waals surface area contributed by atoms with Gasteiger partial charge in [-0.3, -0.25) is 4.79 Å². The van der Waals surface area contributed by atoms with E-state index in [-0.39, 0.29) is 34.4 Å². The van der Waals surface area contributed by atoms with Crippen LogP contribution in [0.3, 0.4) is 0 Å². The molecule has 1 amide bonds. The van der Waals surface area contributed by atoms with Crippen LogP contribution in [0.2, 0.25) is 5.02 Å². The normalized spacial score (nSPS) is 17.8. The summed E-state index contributed by atoms with van der Waals surface area (Å²) in [5.74, 6) is -2.33. The predicted octanol–water partition coefficient (Wildman–Crippen LogP) is 4.55. The Bertz CT molecular complexity index is 1130. The molecule has 1 saturated heterocycles. The van der Waals surface area contributed by atoms with Crippen LogP contribution < -0.4 is 10.1 Å². The number of ether oxygens (including phenoxy) is 1. The maximum Gasteiger partial charge on any atom is 0.416 e. The van der Waals surface area contributed by atoms with E-state index >= 15 is 0 Å². The number of benzene rings is 2. The average molecular weight is 495 g/mol. The van der Waals surface area contributed by atoms with Crippen molar-refractivity contribution in [2.45, 2.75) is 23.9 Å². The Labute approximate surface area is 187 Å². The number of amides is 1. The van der Waals surface area contributed by atoms with Gasteiger partial charge in [-0.25, -0.2) is 12.8 Å². The van der Waals surface area contributed by atoms with E-state index in [1.54, 1.807) is 0 Å². The van der Waals surface area contributed by atoms with Crippen molar-refractivity contribution in [2.75, 3.05) is 25.5 Å². The van der Waals surface area contributed by atoms with Crippen molar-refractivity contribution in [1.82, 2.24) is 4.31 Å². The van der Waals surface area contributed by atoms with E-state index in [0.717, 1.165) is 34.6 Å². The molecule has 2 aromatic rings. The van der Waals surface area contributed by atoms with Gasteiger partial charge in [-0.05, 0) is 49.2 Å². The van der Waals surface area contributed by atoms with Crippen LogP contribution in [0.4, 0.5) is 23.2 Å². The molecule has 0 spiro atoms. The fourth-order valence-electron chi connectivity index (χ4n) is 3.40. The van der Waals surface area contributed by atoms with Crippen molar-refractivity contribution < 1.29 is 35.5 Å². The van der Waals surface area contributed by atoms with Gasteiger partial charge in [0.2, 0.25) is 15.9 Å². The second-order valence-corrected chi connectivity index (χ2v) is 9.49. The van der Waals surface area contributed by atoms with Gasteiger partial charge < -0.3 is 10.1 Å². The van der Waals surface area contributed by atoms with Gasteiger partial charge in [-0.2, -0.15) is 17.5 Å². The Balaban J connectivity index is 1.81. The number of nitrogens with zero attached hydrogens (tertiary/aromatic N) is 1. The van der Waals surface area contributed by atoms with Crippen molar-refractivity contribution in [3.63, 3.8) is 0 Å². The van der Waals surface area contributed by atoms with Crippen molar-refractivity contribution in [1.29, 1.82) is 0 Å². The summed E-state index contributed by atoms with van der Waals surface area (Å²) in [5, 5.41) is 2.27. The number of nitrogens with one attached hydrogen (secondary N) is 1. The number of hydrogen-bond acceptors (Lipinski definition) is 4. The van der Waals surface area contributed by atoms with Crippen LogP contribution in [0, 0.1) is 11.7 Å². The molecule has 1 aliphatic rings. The molecule has 0 aliphatic carbocycles. The first-order chi connectivity index (χ1) is 14.9. The number of carbonyl (C=O) groups is 1. The first kappa shape index (κ1) is 24.3. The summed E-state index contributed by atoms with van der Waals surface area (Å²) < 4.78 is 84.7. The van der Waals surface area contributed by atoms with Crippen molar-refractivity contribution in [3.05, 3.63) is 52.8 Å². The molecule has 1 heterocycles. The first-order valence-corrected chi connectivity index (χ1v) is 11.3. The molecule has 0 aromatic heterocycles. The van der Waals surface area contributed by atoms with Gasteiger partial charge in [0.15, 0.2) is 0 Å². The van der Waals surface area contributed by atoms with E-state index in [0.29, 0.717) is 12.8 Å². The van der Waals surface area contributed by atoms with Crippen LogP contribution in [0.1, 0.15) is 18.4 Å². The lowest BCUT2D eigenvalue weighted by molar-refractivity contribution is -0.137. The molecule has 2 aromatic carbocycles. The Morgan fingerprint density at radius 1 is 1.22 bits per heavy atom. The summed E-state index contributed by atoms with van der Waals surface area (Å²) >= 11 is 5.92. The molecule has 0 radical (unpaired) electrons. The third kappa shape index (κ3) is 5.16. The SMILES string of the molecule is COc1ccc(F)cc1S(=O)(=O)N1CCC[C@H](C(=O)Nc2cc(C(F)(F)F)ccc2Cl)C1. The summed E-state index contributed by atoms with van der Waals surface area (Å²) in [7, 11) is -2.94. The number of methoxy groups -OCH3 is 1. The van der Waals surface area contributed by atoms with Crippen molar-refractivity contribution in [3.8, 4) is 5.75 Å². The highest BCUT2D eigenvalue weighted by molar-refractivity contribution is 7.89. The number of alkyl halides is 3. The van der Waals surface area contributed by atoms with Gasteiger partial charge in [0.1, 0.15) is 16.5 Å². The molecule has 0 saturated carbocycles. The lowest BCUT2D eigenvalue weighted by Gasteiger charge is -2.31. The second-order valence-electron chi connectivity index (χ2n) is 7.18. The molecule has 1 fully saturated rings. The Hall–Kier alpha value is -2.37. The lowest BCUT2D eigenvalue weighted by Crippen LogP contribution is -2.43. The van der Waals surface area contributed by atoms with E-state index in [1.165, 1.54) is 13.2 Å². The van der Waals surface area contributed by atoms with Crippen LogP contribution in [0.15, 0.2) is 41.3 Å². The highest BCUT2D eigenvalue weighted by Crippen LogP contribution is 2.35.